The van der Waals surface area contributed by atoms with Gasteiger partial charge in [0.15, 0.2) is 17.7 Å². The monoisotopic (exact) mass is 582 g/mol. The number of ether oxygens (including phenoxy) is 2. The van der Waals surface area contributed by atoms with Gasteiger partial charge in [0.05, 0.1) is 37.3 Å². The maximum Gasteiger partial charge on any atom is 0.246 e. The number of fused-ring (bicyclic) bond motifs is 2. The first-order chi connectivity index (χ1) is 19.8. The number of Topliss-reactive ketones (excluding diaryl/α,β-unsaturated/α-hetero) is 1. The summed E-state index contributed by atoms with van der Waals surface area (Å²) in [5.41, 5.74) is 0.0479. The summed E-state index contributed by atoms with van der Waals surface area (Å²) < 4.78 is 12.8. The third-order valence-electron chi connectivity index (χ3n) is 9.72. The lowest BCUT2D eigenvalue weighted by Crippen LogP contribution is -2.75. The van der Waals surface area contributed by atoms with Gasteiger partial charge in [-0.25, -0.2) is 0 Å². The molecule has 7 atom stereocenters. The van der Waals surface area contributed by atoms with Crippen LogP contribution in [0.5, 0.6) is 5.75 Å². The summed E-state index contributed by atoms with van der Waals surface area (Å²) in [7, 11) is 2.12. The van der Waals surface area contributed by atoms with Gasteiger partial charge in [0.1, 0.15) is 5.75 Å². The van der Waals surface area contributed by atoms with E-state index in [2.05, 4.69) is 40.1 Å². The minimum atomic E-state index is -0.919. The van der Waals surface area contributed by atoms with E-state index < -0.39 is 18.0 Å². The number of ketones is 1. The predicted octanol–water partition coefficient (Wildman–Crippen LogP) is 1.89. The van der Waals surface area contributed by atoms with E-state index in [1.54, 1.807) is 11.0 Å². The average Bonchev–Trinajstić information content (AvgIpc) is 3.56. The Balaban J connectivity index is 1.24. The normalized spacial score (nSPS) is 35.5. The topological polar surface area (TPSA) is 110 Å². The zero-order valence-electron chi connectivity index (χ0n) is 23.6. The lowest BCUT2D eigenvalue weighted by atomic mass is 9.70. The number of benzene rings is 1. The van der Waals surface area contributed by atoms with Gasteiger partial charge >= 0.3 is 0 Å². The highest BCUT2D eigenvalue weighted by atomic mass is 35.5. The van der Waals surface area contributed by atoms with Gasteiger partial charge in [-0.3, -0.25) is 25.1 Å². The number of nitrogens with zero attached hydrogens (tertiary/aromatic N) is 4. The van der Waals surface area contributed by atoms with Gasteiger partial charge in [-0.15, -0.1) is 0 Å². The summed E-state index contributed by atoms with van der Waals surface area (Å²) >= 11 is 6.26. The molecule has 5 aliphatic rings. The molecular weight excluding hydrogens is 544 g/mol. The Bertz CT molecular complexity index is 1240. The highest BCUT2D eigenvalue weighted by molar-refractivity contribution is 6.30. The zero-order chi connectivity index (χ0) is 28.7. The molecule has 1 spiro atoms. The van der Waals surface area contributed by atoms with Crippen molar-refractivity contribution in [3.63, 3.8) is 0 Å². The van der Waals surface area contributed by atoms with Crippen molar-refractivity contribution < 1.29 is 19.1 Å². The number of nitriles is 1. The van der Waals surface area contributed by atoms with Crippen LogP contribution in [0, 0.1) is 17.2 Å². The lowest BCUT2D eigenvalue weighted by Gasteiger charge is -2.53. The molecule has 4 fully saturated rings. The van der Waals surface area contributed by atoms with Gasteiger partial charge in [0.2, 0.25) is 5.91 Å². The molecule has 1 saturated carbocycles. The molecule has 41 heavy (non-hydrogen) atoms. The smallest absolute Gasteiger partial charge is 0.246 e. The Morgan fingerprint density at radius 3 is 2.90 bits per heavy atom. The van der Waals surface area contributed by atoms with Crippen LogP contribution in [0.25, 0.3) is 0 Å². The number of rotatable bonds is 6. The average molecular weight is 583 g/mol. The fraction of sp³-hybridized carbons (Fsp3) is 0.633. The minimum absolute atomic E-state index is 0.0255. The van der Waals surface area contributed by atoms with Gasteiger partial charge in [-0.1, -0.05) is 18.2 Å². The van der Waals surface area contributed by atoms with Crippen molar-refractivity contribution in [1.82, 2.24) is 25.3 Å². The van der Waals surface area contributed by atoms with E-state index in [1.165, 1.54) is 6.08 Å². The molecule has 3 saturated heterocycles. The molecule has 4 aliphatic heterocycles. The predicted molar refractivity (Wildman–Crippen MR) is 153 cm³/mol. The first kappa shape index (κ1) is 28.6. The molecule has 1 aromatic carbocycles. The molecule has 4 heterocycles. The maximum absolute atomic E-state index is 14.3. The van der Waals surface area contributed by atoms with Crippen LogP contribution in [0.2, 0.25) is 5.02 Å². The summed E-state index contributed by atoms with van der Waals surface area (Å²) in [6.07, 6.45) is 5.00. The van der Waals surface area contributed by atoms with E-state index in [1.807, 2.05) is 12.1 Å². The van der Waals surface area contributed by atoms with E-state index in [4.69, 9.17) is 21.1 Å². The molecule has 6 rings (SSSR count). The highest BCUT2D eigenvalue weighted by Crippen LogP contribution is 2.45. The summed E-state index contributed by atoms with van der Waals surface area (Å²) in [4.78, 5) is 33.2. The first-order valence-corrected chi connectivity index (χ1v) is 15.1. The molecule has 1 aliphatic carbocycles. The number of halogens is 1. The number of amides is 1. The van der Waals surface area contributed by atoms with E-state index in [-0.39, 0.29) is 36.2 Å². The number of nitrogens with one attached hydrogen (secondary N) is 2. The molecule has 0 radical (unpaired) electrons. The van der Waals surface area contributed by atoms with Gasteiger partial charge in [-0.2, -0.15) is 5.26 Å². The van der Waals surface area contributed by atoms with Crippen molar-refractivity contribution in [2.75, 3.05) is 39.8 Å². The van der Waals surface area contributed by atoms with Crippen LogP contribution >= 0.6 is 11.6 Å². The van der Waals surface area contributed by atoms with Crippen molar-refractivity contribution >= 4 is 23.3 Å². The van der Waals surface area contributed by atoms with Crippen LogP contribution in [0.3, 0.4) is 0 Å². The number of hydrogen-bond donors (Lipinski definition) is 2. The molecule has 1 amide bonds. The Kier molecular flexibility index (Phi) is 8.11. The molecule has 0 bridgehead atoms. The Hall–Kier alpha value is -2.52. The van der Waals surface area contributed by atoms with Crippen LogP contribution in [-0.2, 0) is 20.7 Å². The maximum atomic E-state index is 14.3. The van der Waals surface area contributed by atoms with E-state index in [9.17, 15) is 14.9 Å². The number of piperazine rings is 1. The van der Waals surface area contributed by atoms with E-state index >= 15 is 0 Å². The minimum Gasteiger partial charge on any atom is -0.479 e. The van der Waals surface area contributed by atoms with Crippen molar-refractivity contribution in [2.24, 2.45) is 5.92 Å². The second-order valence-corrected chi connectivity index (χ2v) is 12.5. The fourth-order valence-electron chi connectivity index (χ4n) is 7.50. The SMILES string of the molecule is C=CC(=O)N1CCN(C2NC(OCC3CCCN3C)NC3C(=O)[C@@]4(CCC32)Cc2cc(Cl)ccc2O4)CC1CC#N. The summed E-state index contributed by atoms with van der Waals surface area (Å²) in [6, 6.07) is 7.43. The van der Waals surface area contributed by atoms with E-state index in [0.29, 0.717) is 50.1 Å². The van der Waals surface area contributed by atoms with E-state index in [0.717, 1.165) is 37.1 Å². The highest BCUT2D eigenvalue weighted by Gasteiger charge is 2.57. The molecule has 11 heteroatoms. The first-order valence-electron chi connectivity index (χ1n) is 14.7. The second-order valence-electron chi connectivity index (χ2n) is 12.1. The Morgan fingerprint density at radius 2 is 2.15 bits per heavy atom. The molecule has 6 unspecified atom stereocenters. The van der Waals surface area contributed by atoms with Crippen LogP contribution in [0.1, 0.15) is 37.7 Å². The van der Waals surface area contributed by atoms with Crippen LogP contribution in [-0.4, -0.2) is 102 Å². The molecule has 2 N–H and O–H groups in total. The number of likely N-dealkylation sites (tertiary alicyclic amines) is 1. The molecule has 10 nitrogen and oxygen atoms in total. The number of hydrogen-bond acceptors (Lipinski definition) is 9. The van der Waals surface area contributed by atoms with Crippen LogP contribution in [0.4, 0.5) is 0 Å². The molecule has 1 aromatic rings. The largest absolute Gasteiger partial charge is 0.479 e. The van der Waals surface area contributed by atoms with Crippen LogP contribution in [0.15, 0.2) is 30.9 Å². The van der Waals surface area contributed by atoms with Crippen molar-refractivity contribution in [1.29, 1.82) is 5.26 Å². The molecule has 0 aromatic heterocycles. The van der Waals surface area contributed by atoms with Gasteiger partial charge in [0.25, 0.3) is 0 Å². The van der Waals surface area contributed by atoms with Gasteiger partial charge < -0.3 is 19.3 Å². The van der Waals surface area contributed by atoms with Crippen LogP contribution < -0.4 is 15.4 Å². The number of carbonyl (C=O) groups is 2. The summed E-state index contributed by atoms with van der Waals surface area (Å²) in [5.74, 6) is 0.595. The van der Waals surface area contributed by atoms with Crippen molar-refractivity contribution in [3.8, 4) is 11.8 Å². The van der Waals surface area contributed by atoms with Crippen molar-refractivity contribution in [2.45, 2.75) is 74.8 Å². The summed E-state index contributed by atoms with van der Waals surface area (Å²) in [6.45, 7) is 6.91. The van der Waals surface area contributed by atoms with Gasteiger partial charge in [0, 0.05) is 48.6 Å². The zero-order valence-corrected chi connectivity index (χ0v) is 24.3. The summed E-state index contributed by atoms with van der Waals surface area (Å²) in [5, 5.41) is 17.3. The molecule has 220 valence electrons. The van der Waals surface area contributed by atoms with Crippen molar-refractivity contribution in [3.05, 3.63) is 41.4 Å². The number of carbonyl (C=O) groups excluding carboxylic acids is 2. The third-order valence-corrected chi connectivity index (χ3v) is 9.96. The molecular formula is C30H39ClN6O4. The number of likely N-dealkylation sites (N-methyl/N-ethyl adjacent to an activating group) is 1. The quantitative estimate of drug-likeness (QED) is 0.486. The standard InChI is InChI=1S/C30H39ClN6O4/c1-3-25(38)37-14-13-36(17-21(37)9-11-32)28-23-8-10-30(16-19-15-20(31)6-7-24(19)41-30)27(39)26(23)33-29(34-28)40-18-22-5-4-12-35(22)2/h3,6-7,15,21-23,26,28-29,33-34H,1,4-5,8-10,12-14,16-18H2,2H3/t21?,22?,23?,26?,28?,29?,30-/m1/s1. The second kappa shape index (κ2) is 11.6. The Morgan fingerprint density at radius 1 is 1.29 bits per heavy atom. The Labute approximate surface area is 246 Å². The van der Waals surface area contributed by atoms with Gasteiger partial charge in [-0.05, 0) is 63.6 Å². The third kappa shape index (κ3) is 5.40. The fourth-order valence-corrected chi connectivity index (χ4v) is 7.70. The lowest BCUT2D eigenvalue weighted by molar-refractivity contribution is -0.157.